The predicted molar refractivity (Wildman–Crippen MR) is 122 cm³/mol. The number of carbonyl (C=O) groups is 1. The number of amides is 1. The van der Waals surface area contributed by atoms with Crippen LogP contribution >= 0.6 is 34.4 Å². The molecule has 0 aliphatic carbocycles. The number of aryl methyl sites for hydroxylation is 1. The molecule has 29 heavy (non-hydrogen) atoms. The lowest BCUT2D eigenvalue weighted by atomic mass is 10.2. The number of benzene rings is 2. The molecule has 0 bridgehead atoms. The van der Waals surface area contributed by atoms with Crippen LogP contribution in [0.4, 0.5) is 4.39 Å². The molecule has 9 heteroatoms. The van der Waals surface area contributed by atoms with Crippen LogP contribution in [0, 0.1) is 16.3 Å². The number of thioether (sulfide) groups is 1. The maximum Gasteiger partial charge on any atom is 0.284 e. The second-order valence-corrected chi connectivity index (χ2v) is 9.90. The van der Waals surface area contributed by atoms with E-state index in [1.54, 1.807) is 30.3 Å². The number of nitrogens with zero attached hydrogens (tertiary/aromatic N) is 2. The summed E-state index contributed by atoms with van der Waals surface area (Å²) in [5, 5.41) is 0.00719. The summed E-state index contributed by atoms with van der Waals surface area (Å²) in [5.74, 6) is -0.895. The van der Waals surface area contributed by atoms with E-state index in [0.29, 0.717) is 3.57 Å². The number of hydrogen-bond donors (Lipinski definition) is 0. The Hall–Kier alpha value is -1.98. The molecule has 1 saturated heterocycles. The van der Waals surface area contributed by atoms with Crippen molar-refractivity contribution in [3.05, 3.63) is 80.5 Å². The number of hydrogen-bond acceptors (Lipinski definition) is 4. The molecule has 0 atom stereocenters. The van der Waals surface area contributed by atoms with E-state index in [9.17, 15) is 17.6 Å². The van der Waals surface area contributed by atoms with E-state index < -0.39 is 21.7 Å². The van der Waals surface area contributed by atoms with Gasteiger partial charge in [-0.25, -0.2) is 4.39 Å². The molecule has 1 aliphatic heterocycles. The Morgan fingerprint density at radius 3 is 2.59 bits per heavy atom. The topological polar surface area (TPSA) is 66.8 Å². The Kier molecular flexibility index (Phi) is 6.59. The molecule has 0 saturated carbocycles. The SMILES string of the molecule is C=CCN1C(=O)C(=Cc2cccc(I)c2F)SC1=NS(=O)(=O)c1ccc(C)cc1. The van der Waals surface area contributed by atoms with Crippen LogP contribution < -0.4 is 0 Å². The van der Waals surface area contributed by atoms with Crippen LogP contribution in [0.25, 0.3) is 6.08 Å². The Morgan fingerprint density at radius 2 is 1.93 bits per heavy atom. The van der Waals surface area contributed by atoms with Gasteiger partial charge in [0.15, 0.2) is 5.17 Å². The second-order valence-electron chi connectivity index (χ2n) is 6.12. The first kappa shape index (κ1) is 21.7. The average Bonchev–Trinajstić information content (AvgIpc) is 2.94. The number of carbonyl (C=O) groups excluding carboxylic acids is 1. The third-order valence-corrected chi connectivity index (χ3v) is 7.22. The summed E-state index contributed by atoms with van der Waals surface area (Å²) >= 11 is 2.76. The van der Waals surface area contributed by atoms with Gasteiger partial charge in [0, 0.05) is 15.7 Å². The average molecular weight is 542 g/mol. The Morgan fingerprint density at radius 1 is 1.24 bits per heavy atom. The summed E-state index contributed by atoms with van der Waals surface area (Å²) in [4.78, 5) is 14.2. The predicted octanol–water partition coefficient (Wildman–Crippen LogP) is 4.59. The van der Waals surface area contributed by atoms with Gasteiger partial charge in [-0.1, -0.05) is 35.9 Å². The molecule has 2 aromatic rings. The minimum Gasteiger partial charge on any atom is -0.282 e. The maximum atomic E-state index is 14.3. The van der Waals surface area contributed by atoms with E-state index in [4.69, 9.17) is 0 Å². The third kappa shape index (κ3) is 4.78. The minimum absolute atomic E-state index is 0.00719. The molecule has 3 rings (SSSR count). The van der Waals surface area contributed by atoms with Crippen molar-refractivity contribution in [1.82, 2.24) is 4.90 Å². The van der Waals surface area contributed by atoms with Gasteiger partial charge < -0.3 is 0 Å². The first-order valence-electron chi connectivity index (χ1n) is 8.41. The highest BCUT2D eigenvalue weighted by Crippen LogP contribution is 2.34. The standard InChI is InChI=1S/C20H16FIN2O3S2/c1-3-11-24-19(25)17(12-14-5-4-6-16(22)18(14)21)28-20(24)23-29(26,27)15-9-7-13(2)8-10-15/h3-10,12H,1,11H2,2H3. The Balaban J connectivity index is 2.02. The van der Waals surface area contributed by atoms with Crippen molar-refractivity contribution in [3.8, 4) is 0 Å². The molecule has 5 nitrogen and oxygen atoms in total. The van der Waals surface area contributed by atoms with E-state index in [-0.39, 0.29) is 27.1 Å². The molecular weight excluding hydrogens is 526 g/mol. The molecule has 1 heterocycles. The molecule has 0 radical (unpaired) electrons. The summed E-state index contributed by atoms with van der Waals surface area (Å²) in [6.45, 7) is 5.54. The molecule has 0 aromatic heterocycles. The maximum absolute atomic E-state index is 14.3. The molecule has 2 aromatic carbocycles. The highest BCUT2D eigenvalue weighted by atomic mass is 127. The summed E-state index contributed by atoms with van der Waals surface area (Å²) in [6.07, 6.45) is 2.88. The summed E-state index contributed by atoms with van der Waals surface area (Å²) < 4.78 is 44.0. The highest BCUT2D eigenvalue weighted by Gasteiger charge is 2.34. The van der Waals surface area contributed by atoms with Gasteiger partial charge in [0.2, 0.25) is 0 Å². The molecule has 1 amide bonds. The Labute approximate surface area is 186 Å². The monoisotopic (exact) mass is 542 g/mol. The minimum atomic E-state index is -4.01. The van der Waals surface area contributed by atoms with Crippen molar-refractivity contribution in [2.45, 2.75) is 11.8 Å². The zero-order chi connectivity index (χ0) is 21.2. The molecular formula is C20H16FIN2O3S2. The Bertz CT molecular complexity index is 1140. The van der Waals surface area contributed by atoms with E-state index >= 15 is 0 Å². The molecule has 1 fully saturated rings. The second kappa shape index (κ2) is 8.80. The van der Waals surface area contributed by atoms with Gasteiger partial charge in [-0.05, 0) is 65.6 Å². The van der Waals surface area contributed by atoms with E-state index in [0.717, 1.165) is 17.3 Å². The summed E-state index contributed by atoms with van der Waals surface area (Å²) in [7, 11) is -4.01. The molecule has 0 unspecified atom stereocenters. The molecule has 150 valence electrons. The van der Waals surface area contributed by atoms with Gasteiger partial charge in [0.1, 0.15) is 5.82 Å². The van der Waals surface area contributed by atoms with Crippen LogP contribution in [-0.4, -0.2) is 30.9 Å². The number of sulfonamides is 1. The lowest BCUT2D eigenvalue weighted by Crippen LogP contribution is -2.29. The fraction of sp³-hybridized carbons (Fsp3) is 0.100. The van der Waals surface area contributed by atoms with Gasteiger partial charge in [-0.2, -0.15) is 8.42 Å². The van der Waals surface area contributed by atoms with Crippen LogP contribution in [0.2, 0.25) is 0 Å². The van der Waals surface area contributed by atoms with Crippen molar-refractivity contribution < 1.29 is 17.6 Å². The number of halogens is 2. The van der Waals surface area contributed by atoms with Crippen LogP contribution in [0.1, 0.15) is 11.1 Å². The summed E-state index contributed by atoms with van der Waals surface area (Å²) in [6, 6.07) is 11.1. The molecule has 0 N–H and O–H groups in total. The van der Waals surface area contributed by atoms with Crippen LogP contribution in [0.3, 0.4) is 0 Å². The first-order chi connectivity index (χ1) is 13.7. The lowest BCUT2D eigenvalue weighted by Gasteiger charge is -2.12. The third-order valence-electron chi connectivity index (χ3n) is 3.98. The number of amidine groups is 1. The zero-order valence-corrected chi connectivity index (χ0v) is 19.1. The van der Waals surface area contributed by atoms with E-state index in [2.05, 4.69) is 11.0 Å². The highest BCUT2D eigenvalue weighted by molar-refractivity contribution is 14.1. The van der Waals surface area contributed by atoms with Crippen molar-refractivity contribution in [2.24, 2.45) is 4.40 Å². The van der Waals surface area contributed by atoms with Gasteiger partial charge >= 0.3 is 0 Å². The van der Waals surface area contributed by atoms with Crippen molar-refractivity contribution >= 4 is 61.5 Å². The smallest absolute Gasteiger partial charge is 0.282 e. The quantitative estimate of drug-likeness (QED) is 0.315. The van der Waals surface area contributed by atoms with E-state index in [1.807, 2.05) is 29.5 Å². The van der Waals surface area contributed by atoms with Crippen molar-refractivity contribution in [1.29, 1.82) is 0 Å². The van der Waals surface area contributed by atoms with Crippen LogP contribution in [-0.2, 0) is 14.8 Å². The first-order valence-corrected chi connectivity index (χ1v) is 11.7. The van der Waals surface area contributed by atoms with Crippen molar-refractivity contribution in [3.63, 3.8) is 0 Å². The number of rotatable bonds is 5. The largest absolute Gasteiger partial charge is 0.284 e. The van der Waals surface area contributed by atoms with Crippen LogP contribution in [0.5, 0.6) is 0 Å². The van der Waals surface area contributed by atoms with Gasteiger partial charge in [-0.3, -0.25) is 9.69 Å². The summed E-state index contributed by atoms with van der Waals surface area (Å²) in [5.41, 5.74) is 1.16. The normalized spacial score (nSPS) is 17.3. The molecule has 0 spiro atoms. The lowest BCUT2D eigenvalue weighted by molar-refractivity contribution is -0.121. The van der Waals surface area contributed by atoms with Crippen molar-refractivity contribution in [2.75, 3.05) is 6.54 Å². The van der Waals surface area contributed by atoms with Gasteiger partial charge in [0.05, 0.1) is 9.80 Å². The molecule has 1 aliphatic rings. The van der Waals surface area contributed by atoms with Gasteiger partial charge in [-0.15, -0.1) is 11.0 Å². The fourth-order valence-electron chi connectivity index (χ4n) is 2.51. The van der Waals surface area contributed by atoms with Gasteiger partial charge in [0.25, 0.3) is 15.9 Å². The van der Waals surface area contributed by atoms with E-state index in [1.165, 1.54) is 29.2 Å². The van der Waals surface area contributed by atoms with Crippen LogP contribution in [0.15, 0.2) is 69.3 Å². The fourth-order valence-corrected chi connectivity index (χ4v) is 5.20. The zero-order valence-electron chi connectivity index (χ0n) is 15.3.